The number of para-hydroxylation sites is 1. The van der Waals surface area contributed by atoms with Crippen molar-refractivity contribution in [1.82, 2.24) is 10.5 Å². The van der Waals surface area contributed by atoms with Gasteiger partial charge in [-0.05, 0) is 29.3 Å². The second-order valence-electron chi connectivity index (χ2n) is 8.94. The van der Waals surface area contributed by atoms with E-state index in [1.165, 1.54) is 6.92 Å². The molecule has 1 aromatic heterocycles. The average molecular weight is 485 g/mol. The minimum atomic E-state index is -1.26. The van der Waals surface area contributed by atoms with Gasteiger partial charge >= 0.3 is 5.69 Å². The highest BCUT2D eigenvalue weighted by atomic mass is 32.1. The number of benzene rings is 3. The predicted octanol–water partition coefficient (Wildman–Crippen LogP) is 4.71. The molecule has 8 nitrogen and oxygen atoms in total. The standard InChI is InChI=1S/C26H20N4O4S/c1-14-22(30(32)33)23(34-28-14)20-21(17-11-7-9-15-8-3-4-10-16(15)17)26(27-24(20)35)18-12-5-6-13-19(18)29(2)25(26)31/h3-13,20-21H,1-2H3,(H,27,35)/t20-,21+,26-/m0/s1. The Morgan fingerprint density at radius 1 is 1.11 bits per heavy atom. The van der Waals surface area contributed by atoms with E-state index >= 15 is 0 Å². The molecule has 4 aromatic rings. The molecule has 0 saturated carbocycles. The monoisotopic (exact) mass is 484 g/mol. The van der Waals surface area contributed by atoms with E-state index in [4.69, 9.17) is 16.7 Å². The first-order valence-corrected chi connectivity index (χ1v) is 11.5. The maximum absolute atomic E-state index is 14.1. The highest BCUT2D eigenvalue weighted by molar-refractivity contribution is 7.80. The molecule has 1 saturated heterocycles. The number of likely N-dealkylation sites (N-methyl/N-ethyl adjacent to an activating group) is 1. The van der Waals surface area contributed by atoms with Gasteiger partial charge in [0.05, 0.1) is 15.8 Å². The van der Waals surface area contributed by atoms with Crippen LogP contribution in [0.2, 0.25) is 0 Å². The van der Waals surface area contributed by atoms with E-state index in [0.29, 0.717) is 4.99 Å². The lowest BCUT2D eigenvalue weighted by Crippen LogP contribution is -2.50. The molecule has 0 bridgehead atoms. The van der Waals surface area contributed by atoms with Gasteiger partial charge in [-0.15, -0.1) is 0 Å². The zero-order valence-electron chi connectivity index (χ0n) is 18.9. The Labute approximate surface area is 205 Å². The summed E-state index contributed by atoms with van der Waals surface area (Å²) in [5.41, 5.74) is 1.08. The fraction of sp³-hybridized carbons (Fsp3) is 0.192. The Morgan fingerprint density at radius 3 is 2.63 bits per heavy atom. The summed E-state index contributed by atoms with van der Waals surface area (Å²) in [5, 5.41) is 21.2. The van der Waals surface area contributed by atoms with Crippen LogP contribution in [0.1, 0.15) is 34.4 Å². The highest BCUT2D eigenvalue weighted by Crippen LogP contribution is 2.58. The summed E-state index contributed by atoms with van der Waals surface area (Å²) in [7, 11) is 1.73. The van der Waals surface area contributed by atoms with Crippen molar-refractivity contribution >= 4 is 45.3 Å². The summed E-state index contributed by atoms with van der Waals surface area (Å²) in [6.45, 7) is 1.53. The first-order chi connectivity index (χ1) is 16.9. The summed E-state index contributed by atoms with van der Waals surface area (Å²) < 4.78 is 5.58. The highest BCUT2D eigenvalue weighted by Gasteiger charge is 2.64. The molecule has 1 amide bonds. The van der Waals surface area contributed by atoms with Crippen molar-refractivity contribution in [3.8, 4) is 0 Å². The van der Waals surface area contributed by atoms with E-state index in [1.54, 1.807) is 11.9 Å². The van der Waals surface area contributed by atoms with Gasteiger partial charge in [0.2, 0.25) is 5.76 Å². The Hall–Kier alpha value is -4.11. The number of carbonyl (C=O) groups is 1. The Morgan fingerprint density at radius 2 is 1.83 bits per heavy atom. The number of rotatable bonds is 3. The van der Waals surface area contributed by atoms with Crippen LogP contribution in [0.15, 0.2) is 71.3 Å². The molecule has 1 fully saturated rings. The molecule has 0 aliphatic carbocycles. The number of nitro groups is 1. The zero-order chi connectivity index (χ0) is 24.5. The first-order valence-electron chi connectivity index (χ1n) is 11.1. The van der Waals surface area contributed by atoms with E-state index in [-0.39, 0.29) is 23.0 Å². The second kappa shape index (κ2) is 7.44. The van der Waals surface area contributed by atoms with Crippen LogP contribution < -0.4 is 10.2 Å². The van der Waals surface area contributed by atoms with E-state index in [1.807, 2.05) is 66.7 Å². The molecule has 0 unspecified atom stereocenters. The topological polar surface area (TPSA) is 102 Å². The molecule has 1 spiro atoms. The van der Waals surface area contributed by atoms with Crippen molar-refractivity contribution < 1.29 is 14.2 Å². The van der Waals surface area contributed by atoms with Gasteiger partial charge in [-0.1, -0.05) is 78.0 Å². The molecule has 35 heavy (non-hydrogen) atoms. The maximum Gasteiger partial charge on any atom is 0.335 e. The van der Waals surface area contributed by atoms with Crippen LogP contribution >= 0.6 is 12.2 Å². The third-order valence-corrected chi connectivity index (χ3v) is 7.57. The molecule has 3 aromatic carbocycles. The van der Waals surface area contributed by atoms with E-state index < -0.39 is 22.3 Å². The molecule has 3 atom stereocenters. The van der Waals surface area contributed by atoms with Gasteiger partial charge in [0.15, 0.2) is 11.2 Å². The van der Waals surface area contributed by atoms with Crippen LogP contribution in [0.3, 0.4) is 0 Å². The second-order valence-corrected chi connectivity index (χ2v) is 9.38. The van der Waals surface area contributed by atoms with E-state index in [2.05, 4.69) is 10.5 Å². The minimum absolute atomic E-state index is 0.0552. The smallest absolute Gasteiger partial charge is 0.335 e. The molecule has 9 heteroatoms. The normalized spacial score (nSPS) is 23.2. The van der Waals surface area contributed by atoms with Gasteiger partial charge in [-0.2, -0.15) is 0 Å². The molecule has 0 radical (unpaired) electrons. The van der Waals surface area contributed by atoms with Gasteiger partial charge in [-0.25, -0.2) is 0 Å². The lowest BCUT2D eigenvalue weighted by Gasteiger charge is -2.32. The van der Waals surface area contributed by atoms with Gasteiger partial charge < -0.3 is 14.7 Å². The zero-order valence-corrected chi connectivity index (χ0v) is 19.7. The lowest BCUT2D eigenvalue weighted by molar-refractivity contribution is -0.386. The fourth-order valence-electron chi connectivity index (χ4n) is 5.77. The van der Waals surface area contributed by atoms with Crippen LogP contribution in [-0.4, -0.2) is 28.0 Å². The quantitative estimate of drug-likeness (QED) is 0.255. The summed E-state index contributed by atoms with van der Waals surface area (Å²) >= 11 is 5.82. The molecule has 2 aliphatic heterocycles. The Kier molecular flexibility index (Phi) is 4.56. The third-order valence-electron chi connectivity index (χ3n) is 7.22. The van der Waals surface area contributed by atoms with E-state index in [9.17, 15) is 14.9 Å². The van der Waals surface area contributed by atoms with E-state index in [0.717, 1.165) is 27.6 Å². The van der Waals surface area contributed by atoms with Crippen LogP contribution in [0, 0.1) is 17.0 Å². The van der Waals surface area contributed by atoms with Crippen LogP contribution in [-0.2, 0) is 10.3 Å². The number of hydrogen-bond donors (Lipinski definition) is 1. The Bertz CT molecular complexity index is 1560. The first kappa shape index (κ1) is 21.4. The third kappa shape index (κ3) is 2.75. The van der Waals surface area contributed by atoms with Crippen molar-refractivity contribution in [2.45, 2.75) is 24.3 Å². The number of fused-ring (bicyclic) bond motifs is 3. The fourth-order valence-corrected chi connectivity index (χ4v) is 6.18. The van der Waals surface area contributed by atoms with Crippen molar-refractivity contribution in [1.29, 1.82) is 0 Å². The number of nitrogens with zero attached hydrogens (tertiary/aromatic N) is 3. The van der Waals surface area contributed by atoms with Gasteiger partial charge in [0.1, 0.15) is 0 Å². The number of carbonyl (C=O) groups excluding carboxylic acids is 1. The average Bonchev–Trinajstić information content (AvgIpc) is 3.45. The number of hydrogen-bond acceptors (Lipinski definition) is 6. The minimum Gasteiger partial charge on any atom is -0.361 e. The molecule has 1 N–H and O–H groups in total. The summed E-state index contributed by atoms with van der Waals surface area (Å²) in [6.07, 6.45) is 0. The number of anilines is 1. The van der Waals surface area contributed by atoms with Gasteiger partial charge in [0.25, 0.3) is 5.91 Å². The molecule has 174 valence electrons. The molecular weight excluding hydrogens is 464 g/mol. The number of aryl methyl sites for hydroxylation is 1. The summed E-state index contributed by atoms with van der Waals surface area (Å²) in [4.78, 5) is 27.5. The van der Waals surface area contributed by atoms with Crippen LogP contribution in [0.5, 0.6) is 0 Å². The number of aromatic nitrogens is 1. The van der Waals surface area contributed by atoms with Crippen molar-refractivity contribution in [3.63, 3.8) is 0 Å². The van der Waals surface area contributed by atoms with Crippen molar-refractivity contribution in [2.24, 2.45) is 0 Å². The summed E-state index contributed by atoms with van der Waals surface area (Å²) in [5.74, 6) is -1.52. The number of amides is 1. The van der Waals surface area contributed by atoms with Gasteiger partial charge in [0, 0.05) is 24.2 Å². The van der Waals surface area contributed by atoms with Crippen LogP contribution in [0.25, 0.3) is 10.8 Å². The molecule has 3 heterocycles. The number of thiocarbonyl (C=S) groups is 1. The van der Waals surface area contributed by atoms with Crippen molar-refractivity contribution in [3.05, 3.63) is 99.4 Å². The Balaban J connectivity index is 1.71. The maximum atomic E-state index is 14.1. The predicted molar refractivity (Wildman–Crippen MR) is 135 cm³/mol. The molecular formula is C26H20N4O4S. The molecule has 6 rings (SSSR count). The number of nitrogens with one attached hydrogen (secondary N) is 1. The SMILES string of the molecule is Cc1noc([C@H]2C(=S)N[C@]3(C(=O)N(C)c4ccccc43)[C@@H]2c2cccc3ccccc23)c1[N+](=O)[O-]. The largest absolute Gasteiger partial charge is 0.361 e. The molecule has 2 aliphatic rings. The van der Waals surface area contributed by atoms with Gasteiger partial charge in [-0.3, -0.25) is 14.9 Å². The van der Waals surface area contributed by atoms with Crippen LogP contribution in [0.4, 0.5) is 11.4 Å². The summed E-state index contributed by atoms with van der Waals surface area (Å²) in [6, 6.07) is 21.3. The lowest BCUT2D eigenvalue weighted by atomic mass is 9.70. The van der Waals surface area contributed by atoms with Crippen molar-refractivity contribution in [2.75, 3.05) is 11.9 Å².